The number of carboxylic acid groups (broad SMARTS) is 1. The molecule has 0 heterocycles. The molecule has 2 N–H and O–H groups in total. The van der Waals surface area contributed by atoms with Crippen LogP contribution < -0.4 is 4.72 Å². The van der Waals surface area contributed by atoms with Crippen molar-refractivity contribution < 1.29 is 18.3 Å². The molecule has 0 amide bonds. The summed E-state index contributed by atoms with van der Waals surface area (Å²) in [6.07, 6.45) is 0. The van der Waals surface area contributed by atoms with Gasteiger partial charge in [0.05, 0.1) is 15.5 Å². The zero-order valence-electron chi connectivity index (χ0n) is 13.5. The smallest absolute Gasteiger partial charge is 0.337 e. The Morgan fingerprint density at radius 3 is 2.08 bits per heavy atom. The second kappa shape index (κ2) is 6.55. The monoisotopic (exact) mass is 367 g/mol. The standard InChI is InChI=1S/C17H18ClNO4S/c1-17(2,3)19-24(22,23)13-7-4-11(5-8-13)12-6-9-15(18)14(10-12)16(20)21/h4-10,19H,1-3H3,(H,20,21). The Morgan fingerprint density at radius 1 is 1.04 bits per heavy atom. The van der Waals surface area contributed by atoms with E-state index >= 15 is 0 Å². The lowest BCUT2D eigenvalue weighted by Crippen LogP contribution is -2.40. The molecule has 0 aromatic heterocycles. The highest BCUT2D eigenvalue weighted by Crippen LogP contribution is 2.26. The van der Waals surface area contributed by atoms with Crippen LogP contribution >= 0.6 is 11.6 Å². The maximum atomic E-state index is 12.3. The average Bonchev–Trinajstić information content (AvgIpc) is 2.45. The van der Waals surface area contributed by atoms with E-state index in [9.17, 15) is 13.2 Å². The second-order valence-electron chi connectivity index (χ2n) is 6.38. The number of hydrogen-bond donors (Lipinski definition) is 2. The fourth-order valence-electron chi connectivity index (χ4n) is 2.16. The van der Waals surface area contributed by atoms with Gasteiger partial charge in [0.1, 0.15) is 0 Å². The third-order valence-corrected chi connectivity index (χ3v) is 5.24. The predicted octanol–water partition coefficient (Wildman–Crippen LogP) is 3.78. The third-order valence-electron chi connectivity index (χ3n) is 3.14. The first-order chi connectivity index (χ1) is 11.0. The summed E-state index contributed by atoms with van der Waals surface area (Å²) in [5.41, 5.74) is 0.762. The van der Waals surface area contributed by atoms with E-state index in [4.69, 9.17) is 16.7 Å². The summed E-state index contributed by atoms with van der Waals surface area (Å²) in [6, 6.07) is 10.9. The molecule has 0 saturated carbocycles. The first-order valence-electron chi connectivity index (χ1n) is 7.17. The summed E-state index contributed by atoms with van der Waals surface area (Å²) in [6.45, 7) is 5.29. The summed E-state index contributed by atoms with van der Waals surface area (Å²) in [4.78, 5) is 11.3. The second-order valence-corrected chi connectivity index (χ2v) is 8.47. The third kappa shape index (κ3) is 4.35. The van der Waals surface area contributed by atoms with Gasteiger partial charge in [0.15, 0.2) is 0 Å². The van der Waals surface area contributed by atoms with E-state index in [2.05, 4.69) is 4.72 Å². The first-order valence-corrected chi connectivity index (χ1v) is 9.03. The highest BCUT2D eigenvalue weighted by molar-refractivity contribution is 7.89. The molecule has 0 radical (unpaired) electrons. The van der Waals surface area contributed by atoms with Crippen molar-refractivity contribution in [2.24, 2.45) is 0 Å². The number of hydrogen-bond acceptors (Lipinski definition) is 3. The molecule has 0 spiro atoms. The fraction of sp³-hybridized carbons (Fsp3) is 0.235. The SMILES string of the molecule is CC(C)(C)NS(=O)(=O)c1ccc(-c2ccc(Cl)c(C(=O)O)c2)cc1. The molecule has 24 heavy (non-hydrogen) atoms. The van der Waals surface area contributed by atoms with Gasteiger partial charge in [-0.1, -0.05) is 29.8 Å². The Hall–Kier alpha value is -1.89. The highest BCUT2D eigenvalue weighted by atomic mass is 35.5. The lowest BCUT2D eigenvalue weighted by molar-refractivity contribution is 0.0697. The minimum Gasteiger partial charge on any atom is -0.478 e. The summed E-state index contributed by atoms with van der Waals surface area (Å²) >= 11 is 5.86. The van der Waals surface area contributed by atoms with Gasteiger partial charge in [-0.25, -0.2) is 17.9 Å². The van der Waals surface area contributed by atoms with E-state index in [0.717, 1.165) is 0 Å². The van der Waals surface area contributed by atoms with Crippen LogP contribution in [0.15, 0.2) is 47.4 Å². The van der Waals surface area contributed by atoms with Gasteiger partial charge in [-0.2, -0.15) is 0 Å². The summed E-state index contributed by atoms with van der Waals surface area (Å²) < 4.78 is 27.1. The molecule has 0 atom stereocenters. The molecule has 0 fully saturated rings. The largest absolute Gasteiger partial charge is 0.478 e. The molecule has 0 aliphatic rings. The number of sulfonamides is 1. The van der Waals surface area contributed by atoms with Crippen LogP contribution in [-0.2, 0) is 10.0 Å². The van der Waals surface area contributed by atoms with Gasteiger partial charge >= 0.3 is 5.97 Å². The van der Waals surface area contributed by atoms with E-state index < -0.39 is 21.5 Å². The minimum atomic E-state index is -3.61. The van der Waals surface area contributed by atoms with Crippen LogP contribution in [0.5, 0.6) is 0 Å². The molecule has 0 bridgehead atoms. The molecular formula is C17H18ClNO4S. The predicted molar refractivity (Wildman–Crippen MR) is 93.9 cm³/mol. The van der Waals surface area contributed by atoms with Gasteiger partial charge in [-0.15, -0.1) is 0 Å². The lowest BCUT2D eigenvalue weighted by atomic mass is 10.0. The van der Waals surface area contributed by atoms with E-state index in [0.29, 0.717) is 11.1 Å². The van der Waals surface area contributed by atoms with Crippen LogP contribution in [0.3, 0.4) is 0 Å². The van der Waals surface area contributed by atoms with E-state index in [-0.39, 0.29) is 15.5 Å². The van der Waals surface area contributed by atoms with Crippen molar-refractivity contribution in [3.05, 3.63) is 53.1 Å². The van der Waals surface area contributed by atoms with Crippen molar-refractivity contribution in [3.8, 4) is 11.1 Å². The molecule has 7 heteroatoms. The number of carbonyl (C=O) groups is 1. The maximum absolute atomic E-state index is 12.3. The molecule has 0 unspecified atom stereocenters. The average molecular weight is 368 g/mol. The fourth-order valence-corrected chi connectivity index (χ4v) is 3.77. The molecule has 5 nitrogen and oxygen atoms in total. The summed E-state index contributed by atoms with van der Waals surface area (Å²) in [5.74, 6) is -1.12. The number of rotatable bonds is 4. The first kappa shape index (κ1) is 18.4. The molecule has 0 aliphatic heterocycles. The molecule has 128 valence electrons. The van der Waals surface area contributed by atoms with Gasteiger partial charge in [-0.3, -0.25) is 0 Å². The summed E-state index contributed by atoms with van der Waals surface area (Å²) in [5, 5.41) is 9.28. The topological polar surface area (TPSA) is 83.5 Å². The minimum absolute atomic E-state index is 0.000244. The lowest BCUT2D eigenvalue weighted by Gasteiger charge is -2.20. The van der Waals surface area contributed by atoms with Crippen molar-refractivity contribution in [2.75, 3.05) is 0 Å². The Morgan fingerprint density at radius 2 is 1.58 bits per heavy atom. The molecule has 2 aromatic carbocycles. The van der Waals surface area contributed by atoms with Crippen molar-refractivity contribution in [1.82, 2.24) is 4.72 Å². The number of halogens is 1. The summed E-state index contributed by atoms with van der Waals surface area (Å²) in [7, 11) is -3.61. The Labute approximate surface area is 146 Å². The van der Waals surface area contributed by atoms with E-state index in [1.165, 1.54) is 24.3 Å². The number of carboxylic acids is 1. The molecule has 0 aliphatic carbocycles. The Kier molecular flexibility index (Phi) is 5.03. The maximum Gasteiger partial charge on any atom is 0.337 e. The van der Waals surface area contributed by atoms with Crippen molar-refractivity contribution in [3.63, 3.8) is 0 Å². The van der Waals surface area contributed by atoms with E-state index in [1.54, 1.807) is 39.0 Å². The van der Waals surface area contributed by atoms with E-state index in [1.807, 2.05) is 0 Å². The van der Waals surface area contributed by atoms with Crippen molar-refractivity contribution in [2.45, 2.75) is 31.2 Å². The zero-order chi connectivity index (χ0) is 18.1. The van der Waals surface area contributed by atoms with Crippen molar-refractivity contribution in [1.29, 1.82) is 0 Å². The van der Waals surface area contributed by atoms with Crippen LogP contribution in [-0.4, -0.2) is 25.0 Å². The van der Waals surface area contributed by atoms with Crippen LogP contribution in [0, 0.1) is 0 Å². The molecule has 2 rings (SSSR count). The van der Waals surface area contributed by atoms with Crippen LogP contribution in [0.4, 0.5) is 0 Å². The molecule has 2 aromatic rings. The molecule has 0 saturated heterocycles. The van der Waals surface area contributed by atoms with Gasteiger partial charge in [0.25, 0.3) is 0 Å². The van der Waals surface area contributed by atoms with Gasteiger partial charge in [0.2, 0.25) is 10.0 Å². The quantitative estimate of drug-likeness (QED) is 0.861. The van der Waals surface area contributed by atoms with Crippen LogP contribution in [0.1, 0.15) is 31.1 Å². The normalized spacial score (nSPS) is 12.2. The van der Waals surface area contributed by atoms with Gasteiger partial charge < -0.3 is 5.11 Å². The van der Waals surface area contributed by atoms with Crippen LogP contribution in [0.2, 0.25) is 5.02 Å². The zero-order valence-corrected chi connectivity index (χ0v) is 15.1. The molecular weight excluding hydrogens is 350 g/mol. The number of aromatic carboxylic acids is 1. The van der Waals surface area contributed by atoms with Gasteiger partial charge in [-0.05, 0) is 56.2 Å². The highest BCUT2D eigenvalue weighted by Gasteiger charge is 2.21. The number of nitrogens with one attached hydrogen (secondary N) is 1. The van der Waals surface area contributed by atoms with Crippen molar-refractivity contribution >= 4 is 27.6 Å². The Bertz CT molecular complexity index is 868. The number of benzene rings is 2. The van der Waals surface area contributed by atoms with Gasteiger partial charge in [0, 0.05) is 5.54 Å². The van der Waals surface area contributed by atoms with Crippen LogP contribution in [0.25, 0.3) is 11.1 Å². The Balaban J connectivity index is 2.37.